The van der Waals surface area contributed by atoms with Crippen molar-refractivity contribution in [3.8, 4) is 0 Å². The number of carbonyl (C=O) groups excluding carboxylic acids is 1. The van der Waals surface area contributed by atoms with E-state index in [2.05, 4.69) is 15.2 Å². The number of hydrogen-bond donors (Lipinski definition) is 1. The van der Waals surface area contributed by atoms with E-state index in [4.69, 9.17) is 0 Å². The summed E-state index contributed by atoms with van der Waals surface area (Å²) in [7, 11) is -3.76. The predicted octanol–water partition coefficient (Wildman–Crippen LogP) is 3.62. The maximum atomic E-state index is 13.5. The summed E-state index contributed by atoms with van der Waals surface area (Å²) in [5.41, 5.74) is 3.17. The average molecular weight is 491 g/mol. The Kier molecular flexibility index (Phi) is 6.83. The number of aryl methyl sites for hydroxylation is 1. The molecule has 2 aliphatic heterocycles. The summed E-state index contributed by atoms with van der Waals surface area (Å²) in [4.78, 5) is 19.9. The molecule has 182 valence electrons. The van der Waals surface area contributed by atoms with Crippen molar-refractivity contribution in [2.24, 2.45) is 0 Å². The normalized spacial score (nSPS) is 17.1. The number of aromatic nitrogens is 1. The Morgan fingerprint density at radius 1 is 0.971 bits per heavy atom. The number of likely N-dealkylation sites (tertiary alicyclic amines) is 1. The number of carbonyl (C=O) groups is 1. The number of para-hydroxylation sites is 1. The predicted molar refractivity (Wildman–Crippen MR) is 136 cm³/mol. The quantitative estimate of drug-likeness (QED) is 0.571. The van der Waals surface area contributed by atoms with E-state index < -0.39 is 10.0 Å². The molecule has 0 saturated carbocycles. The minimum atomic E-state index is -3.76. The van der Waals surface area contributed by atoms with Crippen LogP contribution >= 0.6 is 0 Å². The second-order valence-electron chi connectivity index (χ2n) is 9.18. The SMILES string of the molecule is O=C(NC1CCN(Cc2ccccn2)CC1)c1cccc(S(=O)(=O)N2CCCc3ccccc32)c1. The van der Waals surface area contributed by atoms with Gasteiger partial charge in [0, 0.05) is 44.0 Å². The zero-order valence-electron chi connectivity index (χ0n) is 19.6. The number of nitrogens with one attached hydrogen (secondary N) is 1. The fraction of sp³-hybridized carbons (Fsp3) is 0.333. The van der Waals surface area contributed by atoms with Crippen LogP contribution in [0.5, 0.6) is 0 Å². The molecule has 7 nitrogen and oxygen atoms in total. The molecule has 0 spiro atoms. The maximum absolute atomic E-state index is 13.5. The van der Waals surface area contributed by atoms with Crippen molar-refractivity contribution in [1.29, 1.82) is 0 Å². The number of fused-ring (bicyclic) bond motifs is 1. The molecule has 2 aromatic carbocycles. The fourth-order valence-corrected chi connectivity index (χ4v) is 6.49. The molecule has 1 aromatic heterocycles. The number of hydrogen-bond acceptors (Lipinski definition) is 5. The summed E-state index contributed by atoms with van der Waals surface area (Å²) in [6.45, 7) is 3.00. The van der Waals surface area contributed by atoms with E-state index >= 15 is 0 Å². The summed E-state index contributed by atoms with van der Waals surface area (Å²) >= 11 is 0. The van der Waals surface area contributed by atoms with Gasteiger partial charge in [0.2, 0.25) is 0 Å². The minimum absolute atomic E-state index is 0.0664. The first kappa shape index (κ1) is 23.5. The van der Waals surface area contributed by atoms with Crippen LogP contribution in [0.2, 0.25) is 0 Å². The number of anilines is 1. The molecule has 3 aromatic rings. The number of sulfonamides is 1. The third kappa shape index (κ3) is 5.23. The molecular formula is C27H30N4O3S. The molecule has 0 bridgehead atoms. The first-order chi connectivity index (χ1) is 17.0. The number of nitrogens with zero attached hydrogens (tertiary/aromatic N) is 3. The van der Waals surface area contributed by atoms with Crippen molar-refractivity contribution in [3.05, 3.63) is 89.7 Å². The zero-order valence-corrected chi connectivity index (χ0v) is 20.5. The lowest BCUT2D eigenvalue weighted by Gasteiger charge is -2.32. The molecule has 8 heteroatoms. The van der Waals surface area contributed by atoms with Crippen molar-refractivity contribution < 1.29 is 13.2 Å². The van der Waals surface area contributed by atoms with Crippen molar-refractivity contribution in [1.82, 2.24) is 15.2 Å². The van der Waals surface area contributed by atoms with E-state index in [1.165, 1.54) is 10.4 Å². The van der Waals surface area contributed by atoms with E-state index in [0.29, 0.717) is 12.1 Å². The molecule has 1 fully saturated rings. The summed E-state index contributed by atoms with van der Waals surface area (Å²) in [6.07, 6.45) is 5.14. The van der Waals surface area contributed by atoms with E-state index in [-0.39, 0.29) is 16.8 Å². The standard InChI is InChI=1S/C27H30N4O3S/c32-27(29-23-13-17-30(18-14-23)20-24-10-3-4-15-28-24)22-8-5-11-25(19-22)35(33,34)31-16-6-9-21-7-1-2-12-26(21)31/h1-5,7-8,10-12,15,19,23H,6,9,13-14,16-18,20H2,(H,29,32). The highest BCUT2D eigenvalue weighted by Crippen LogP contribution is 2.32. The fourth-order valence-electron chi connectivity index (χ4n) is 4.90. The maximum Gasteiger partial charge on any atom is 0.264 e. The summed E-state index contributed by atoms with van der Waals surface area (Å²) in [6, 6.07) is 20.0. The van der Waals surface area contributed by atoms with Gasteiger partial charge in [-0.1, -0.05) is 30.3 Å². The largest absolute Gasteiger partial charge is 0.349 e. The van der Waals surface area contributed by atoms with Crippen LogP contribution in [0.25, 0.3) is 0 Å². The van der Waals surface area contributed by atoms with Crippen molar-refractivity contribution in [2.75, 3.05) is 23.9 Å². The molecule has 5 rings (SSSR count). The van der Waals surface area contributed by atoms with Crippen LogP contribution in [-0.4, -0.2) is 49.9 Å². The number of amides is 1. The number of piperidine rings is 1. The third-order valence-electron chi connectivity index (χ3n) is 6.79. The molecule has 0 unspecified atom stereocenters. The lowest BCUT2D eigenvalue weighted by molar-refractivity contribution is 0.0908. The molecule has 0 atom stereocenters. The minimum Gasteiger partial charge on any atom is -0.349 e. The summed E-state index contributed by atoms with van der Waals surface area (Å²) in [5.74, 6) is -0.232. The van der Waals surface area contributed by atoms with Crippen LogP contribution in [0.15, 0.2) is 77.8 Å². The van der Waals surface area contributed by atoms with Crippen molar-refractivity contribution >= 4 is 21.6 Å². The highest BCUT2D eigenvalue weighted by atomic mass is 32.2. The summed E-state index contributed by atoms with van der Waals surface area (Å²) in [5, 5.41) is 3.10. The Labute approximate surface area is 206 Å². The third-order valence-corrected chi connectivity index (χ3v) is 8.60. The van der Waals surface area contributed by atoms with E-state index in [0.717, 1.165) is 62.3 Å². The van der Waals surface area contributed by atoms with Gasteiger partial charge in [-0.2, -0.15) is 0 Å². The number of pyridine rings is 1. The van der Waals surface area contributed by atoms with Gasteiger partial charge in [0.05, 0.1) is 16.3 Å². The van der Waals surface area contributed by atoms with Crippen LogP contribution in [-0.2, 0) is 23.0 Å². The van der Waals surface area contributed by atoms with Crippen molar-refractivity contribution in [2.45, 2.75) is 43.2 Å². The van der Waals surface area contributed by atoms with E-state index in [9.17, 15) is 13.2 Å². The first-order valence-electron chi connectivity index (χ1n) is 12.1. The first-order valence-corrected chi connectivity index (χ1v) is 13.6. The number of rotatable bonds is 6. The number of benzene rings is 2. The molecular weight excluding hydrogens is 460 g/mol. The molecule has 0 radical (unpaired) electrons. The Hall–Kier alpha value is -3.23. The molecule has 1 N–H and O–H groups in total. The lowest BCUT2D eigenvalue weighted by atomic mass is 10.0. The average Bonchev–Trinajstić information content (AvgIpc) is 2.90. The molecule has 1 amide bonds. The Morgan fingerprint density at radius 3 is 2.57 bits per heavy atom. The molecule has 1 saturated heterocycles. The van der Waals surface area contributed by atoms with Gasteiger partial charge in [0.1, 0.15) is 0 Å². The molecule has 3 heterocycles. The van der Waals surface area contributed by atoms with Crippen LogP contribution < -0.4 is 9.62 Å². The second-order valence-corrected chi connectivity index (χ2v) is 11.0. The highest BCUT2D eigenvalue weighted by Gasteiger charge is 2.29. The Bertz CT molecular complexity index is 1290. The van der Waals surface area contributed by atoms with Gasteiger partial charge in [-0.15, -0.1) is 0 Å². The summed E-state index contributed by atoms with van der Waals surface area (Å²) < 4.78 is 28.4. The topological polar surface area (TPSA) is 82.6 Å². The van der Waals surface area contributed by atoms with Crippen molar-refractivity contribution in [3.63, 3.8) is 0 Å². The van der Waals surface area contributed by atoms with E-state index in [1.807, 2.05) is 42.5 Å². The van der Waals surface area contributed by atoms with Gasteiger partial charge >= 0.3 is 0 Å². The van der Waals surface area contributed by atoms with Gasteiger partial charge in [0.25, 0.3) is 15.9 Å². The van der Waals surface area contributed by atoms with Crippen LogP contribution in [0.3, 0.4) is 0 Å². The second kappa shape index (κ2) is 10.2. The molecule has 0 aliphatic carbocycles. The Morgan fingerprint density at radius 2 is 1.77 bits per heavy atom. The van der Waals surface area contributed by atoms with E-state index in [1.54, 1.807) is 24.4 Å². The van der Waals surface area contributed by atoms with Crippen LogP contribution in [0.1, 0.15) is 40.9 Å². The highest BCUT2D eigenvalue weighted by molar-refractivity contribution is 7.92. The van der Waals surface area contributed by atoms with Gasteiger partial charge in [0.15, 0.2) is 0 Å². The Balaban J connectivity index is 1.24. The molecule has 2 aliphatic rings. The monoisotopic (exact) mass is 490 g/mol. The smallest absolute Gasteiger partial charge is 0.264 e. The van der Waals surface area contributed by atoms with Gasteiger partial charge in [-0.3, -0.25) is 19.0 Å². The van der Waals surface area contributed by atoms with Crippen LogP contribution in [0, 0.1) is 0 Å². The lowest BCUT2D eigenvalue weighted by Crippen LogP contribution is -2.44. The van der Waals surface area contributed by atoms with Crippen LogP contribution in [0.4, 0.5) is 5.69 Å². The zero-order chi connectivity index (χ0) is 24.3. The van der Waals surface area contributed by atoms with Gasteiger partial charge in [-0.05, 0) is 67.6 Å². The van der Waals surface area contributed by atoms with Gasteiger partial charge < -0.3 is 5.32 Å². The molecule has 35 heavy (non-hydrogen) atoms. The van der Waals surface area contributed by atoms with Gasteiger partial charge in [-0.25, -0.2) is 8.42 Å².